The van der Waals surface area contributed by atoms with E-state index in [1.165, 1.54) is 5.69 Å². The Kier molecular flexibility index (Phi) is 6.68. The highest BCUT2D eigenvalue weighted by Gasteiger charge is 2.12. The minimum atomic E-state index is 0. The maximum atomic E-state index is 12.1. The topological polar surface area (TPSA) is 24.2 Å². The van der Waals surface area contributed by atoms with Gasteiger partial charge in [0.05, 0.1) is 5.38 Å². The molecule has 2 aromatic rings. The van der Waals surface area contributed by atoms with Gasteiger partial charge in [0.25, 0.3) is 0 Å². The molecule has 0 aliphatic rings. The van der Waals surface area contributed by atoms with Crippen LogP contribution < -0.4 is 21.9 Å². The van der Waals surface area contributed by atoms with Crippen LogP contribution in [0, 0.1) is 0 Å². The smallest absolute Gasteiger partial charge is 0.227 e. The number of carbonyl (C=O) groups is 1. The second kappa shape index (κ2) is 8.02. The van der Waals surface area contributed by atoms with E-state index in [1.807, 2.05) is 45.9 Å². The van der Waals surface area contributed by atoms with Crippen molar-refractivity contribution in [2.75, 3.05) is 18.0 Å². The molecular formula is C15H19ClN2OS. The molecule has 0 unspecified atom stereocenters. The lowest BCUT2D eigenvalue weighted by Gasteiger charge is -2.20. The molecule has 0 fully saturated rings. The number of ketones is 1. The molecule has 0 amide bonds. The second-order valence-electron chi connectivity index (χ2n) is 4.34. The molecule has 0 N–H and O–H groups in total. The van der Waals surface area contributed by atoms with Crippen LogP contribution >= 0.6 is 11.3 Å². The van der Waals surface area contributed by atoms with Crippen molar-refractivity contribution in [3.8, 4) is 0 Å². The molecular weight excluding hydrogens is 292 g/mol. The van der Waals surface area contributed by atoms with Gasteiger partial charge in [-0.05, 0) is 38.1 Å². The van der Waals surface area contributed by atoms with Crippen molar-refractivity contribution >= 4 is 22.8 Å². The summed E-state index contributed by atoms with van der Waals surface area (Å²) in [6.45, 7) is 6.64. The van der Waals surface area contributed by atoms with E-state index < -0.39 is 0 Å². The highest BCUT2D eigenvalue weighted by Crippen LogP contribution is 2.15. The molecule has 108 valence electrons. The Morgan fingerprint density at radius 1 is 1.20 bits per heavy atom. The molecule has 1 aromatic heterocycles. The minimum absolute atomic E-state index is 0. The zero-order chi connectivity index (χ0) is 13.7. The number of thiazole rings is 1. The summed E-state index contributed by atoms with van der Waals surface area (Å²) in [6, 6.07) is 7.89. The Hall–Kier alpha value is -1.39. The molecule has 0 saturated carbocycles. The fraction of sp³-hybridized carbons (Fsp3) is 0.333. The van der Waals surface area contributed by atoms with Crippen LogP contribution in [0.3, 0.4) is 0 Å². The van der Waals surface area contributed by atoms with Gasteiger partial charge in [0.2, 0.25) is 17.8 Å². The van der Waals surface area contributed by atoms with E-state index in [9.17, 15) is 4.79 Å². The number of aromatic nitrogens is 1. The molecule has 0 saturated heterocycles. The highest BCUT2D eigenvalue weighted by molar-refractivity contribution is 7.07. The van der Waals surface area contributed by atoms with E-state index >= 15 is 0 Å². The van der Waals surface area contributed by atoms with Crippen molar-refractivity contribution in [3.63, 3.8) is 0 Å². The fourth-order valence-electron chi connectivity index (χ4n) is 2.06. The Morgan fingerprint density at radius 3 is 2.35 bits per heavy atom. The summed E-state index contributed by atoms with van der Waals surface area (Å²) in [5.41, 5.74) is 3.89. The lowest BCUT2D eigenvalue weighted by Crippen LogP contribution is -3.00. The van der Waals surface area contributed by atoms with Crippen LogP contribution in [0.15, 0.2) is 41.4 Å². The molecule has 5 heteroatoms. The number of hydrogen-bond acceptors (Lipinski definition) is 3. The molecule has 2 rings (SSSR count). The molecule has 0 radical (unpaired) electrons. The number of benzene rings is 1. The SMILES string of the molecule is CCN(CC)c1ccc(C(=O)C[n+]2ccsc2)cc1.[Cl-]. The number of carbonyl (C=O) groups excluding carboxylic acids is 1. The van der Waals surface area contributed by atoms with Gasteiger partial charge in [-0.3, -0.25) is 4.79 Å². The lowest BCUT2D eigenvalue weighted by atomic mass is 10.1. The summed E-state index contributed by atoms with van der Waals surface area (Å²) in [4.78, 5) is 14.4. The van der Waals surface area contributed by atoms with Crippen LogP contribution in [0.5, 0.6) is 0 Å². The average Bonchev–Trinajstić information content (AvgIpc) is 2.94. The number of anilines is 1. The van der Waals surface area contributed by atoms with Crippen LogP contribution in [0.25, 0.3) is 0 Å². The number of nitrogens with zero attached hydrogens (tertiary/aromatic N) is 2. The first kappa shape index (κ1) is 16.7. The Morgan fingerprint density at radius 2 is 1.85 bits per heavy atom. The van der Waals surface area contributed by atoms with Gasteiger partial charge in [0.1, 0.15) is 0 Å². The molecule has 3 nitrogen and oxygen atoms in total. The first-order chi connectivity index (χ1) is 9.24. The van der Waals surface area contributed by atoms with E-state index in [0.29, 0.717) is 6.54 Å². The first-order valence-corrected chi connectivity index (χ1v) is 7.48. The van der Waals surface area contributed by atoms with Crippen molar-refractivity contribution in [2.45, 2.75) is 20.4 Å². The predicted molar refractivity (Wildman–Crippen MR) is 78.8 cm³/mol. The van der Waals surface area contributed by atoms with Gasteiger partial charge in [0, 0.05) is 24.3 Å². The molecule has 20 heavy (non-hydrogen) atoms. The summed E-state index contributed by atoms with van der Waals surface area (Å²) < 4.78 is 1.91. The van der Waals surface area contributed by atoms with Gasteiger partial charge in [-0.25, -0.2) is 0 Å². The zero-order valence-electron chi connectivity index (χ0n) is 11.8. The van der Waals surface area contributed by atoms with Gasteiger partial charge < -0.3 is 17.3 Å². The number of halogens is 1. The molecule has 0 bridgehead atoms. The molecule has 0 atom stereocenters. The third-order valence-corrected chi connectivity index (χ3v) is 3.84. The summed E-state index contributed by atoms with van der Waals surface area (Å²) in [5, 5.41) is 1.97. The Bertz CT molecular complexity index is 521. The van der Waals surface area contributed by atoms with Gasteiger partial charge in [-0.15, -0.1) is 0 Å². The maximum Gasteiger partial charge on any atom is 0.227 e. The van der Waals surface area contributed by atoms with Crippen LogP contribution in [0.4, 0.5) is 5.69 Å². The molecule has 0 aliphatic carbocycles. The fourth-order valence-corrected chi connectivity index (χ4v) is 2.65. The van der Waals surface area contributed by atoms with Gasteiger partial charge in [-0.2, -0.15) is 4.57 Å². The van der Waals surface area contributed by atoms with E-state index in [4.69, 9.17) is 0 Å². The summed E-state index contributed by atoms with van der Waals surface area (Å²) >= 11 is 1.59. The van der Waals surface area contributed by atoms with Crippen molar-refractivity contribution in [2.24, 2.45) is 0 Å². The molecule has 1 heterocycles. The Labute approximate surface area is 130 Å². The van der Waals surface area contributed by atoms with E-state index in [2.05, 4.69) is 18.7 Å². The van der Waals surface area contributed by atoms with Gasteiger partial charge in [-0.1, -0.05) is 11.3 Å². The number of hydrogen-bond donors (Lipinski definition) is 0. The van der Waals surface area contributed by atoms with Crippen molar-refractivity contribution in [1.29, 1.82) is 0 Å². The van der Waals surface area contributed by atoms with E-state index in [1.54, 1.807) is 11.3 Å². The van der Waals surface area contributed by atoms with E-state index in [0.717, 1.165) is 18.7 Å². The zero-order valence-corrected chi connectivity index (χ0v) is 13.3. The monoisotopic (exact) mass is 310 g/mol. The number of rotatable bonds is 6. The van der Waals surface area contributed by atoms with Gasteiger partial charge >= 0.3 is 0 Å². The molecule has 1 aromatic carbocycles. The normalized spacial score (nSPS) is 9.90. The molecule has 0 aliphatic heterocycles. The lowest BCUT2D eigenvalue weighted by molar-refractivity contribution is -0.678. The van der Waals surface area contributed by atoms with Crippen molar-refractivity contribution in [1.82, 2.24) is 0 Å². The molecule has 0 spiro atoms. The van der Waals surface area contributed by atoms with Crippen LogP contribution in [-0.4, -0.2) is 18.9 Å². The predicted octanol–water partition coefficient (Wildman–Crippen LogP) is -0.231. The summed E-state index contributed by atoms with van der Waals surface area (Å²) in [6.07, 6.45) is 1.92. The standard InChI is InChI=1S/C15H19N2OS.ClH/c1-3-17(4-2)14-7-5-13(6-8-14)15(18)11-16-9-10-19-12-16;/h5-10,12H,3-4,11H2,1-2H3;1H/q+1;/p-1. The largest absolute Gasteiger partial charge is 1.00 e. The van der Waals surface area contributed by atoms with Crippen molar-refractivity contribution < 1.29 is 21.8 Å². The number of Topliss-reactive ketones (excluding diaryl/α,β-unsaturated/α-hetero) is 1. The maximum absolute atomic E-state index is 12.1. The quantitative estimate of drug-likeness (QED) is 0.544. The summed E-state index contributed by atoms with van der Waals surface area (Å²) in [5.74, 6) is 0.148. The highest BCUT2D eigenvalue weighted by atomic mass is 35.5. The van der Waals surface area contributed by atoms with Crippen LogP contribution in [-0.2, 0) is 6.54 Å². The summed E-state index contributed by atoms with van der Waals surface area (Å²) in [7, 11) is 0. The third-order valence-electron chi connectivity index (χ3n) is 3.17. The average molecular weight is 311 g/mol. The third kappa shape index (κ3) is 4.05. The van der Waals surface area contributed by atoms with E-state index in [-0.39, 0.29) is 18.2 Å². The van der Waals surface area contributed by atoms with Crippen molar-refractivity contribution in [3.05, 3.63) is 46.9 Å². The Balaban J connectivity index is 0.00000200. The van der Waals surface area contributed by atoms with Gasteiger partial charge in [0.15, 0.2) is 6.20 Å². The minimum Gasteiger partial charge on any atom is -1.00 e. The van der Waals surface area contributed by atoms with Crippen LogP contribution in [0.1, 0.15) is 24.2 Å². The van der Waals surface area contributed by atoms with Crippen LogP contribution in [0.2, 0.25) is 0 Å². The second-order valence-corrected chi connectivity index (χ2v) is 5.10. The first-order valence-electron chi connectivity index (χ1n) is 6.54.